The zero-order valence-corrected chi connectivity index (χ0v) is 11.7. The van der Waals surface area contributed by atoms with Gasteiger partial charge in [0.05, 0.1) is 18.1 Å². The van der Waals surface area contributed by atoms with Gasteiger partial charge in [-0.05, 0) is 18.8 Å². The van der Waals surface area contributed by atoms with Crippen LogP contribution in [0, 0.1) is 0 Å². The maximum absolute atomic E-state index is 6.01. The highest BCUT2D eigenvalue weighted by atomic mass is 35.5. The van der Waals surface area contributed by atoms with Crippen LogP contribution in [0.3, 0.4) is 0 Å². The Balaban J connectivity index is 2.26. The molecule has 0 atom stereocenters. The Morgan fingerprint density at radius 3 is 2.47 bits per heavy atom. The Morgan fingerprint density at radius 2 is 1.94 bits per heavy atom. The fourth-order valence-electron chi connectivity index (χ4n) is 2.94. The van der Waals surface area contributed by atoms with Crippen molar-refractivity contribution in [2.24, 2.45) is 0 Å². The highest BCUT2D eigenvalue weighted by Gasteiger charge is 2.21. The van der Waals surface area contributed by atoms with Crippen LogP contribution in [0.2, 0.25) is 0 Å². The summed E-state index contributed by atoms with van der Waals surface area (Å²) in [5.74, 6) is 1.09. The Labute approximate surface area is 109 Å². The molecule has 2 rings (SSSR count). The summed E-state index contributed by atoms with van der Waals surface area (Å²) in [6, 6.07) is 0.604. The van der Waals surface area contributed by atoms with Crippen LogP contribution in [-0.4, -0.2) is 9.78 Å². The van der Waals surface area contributed by atoms with E-state index in [1.165, 1.54) is 49.8 Å². The quantitative estimate of drug-likeness (QED) is 0.568. The lowest BCUT2D eigenvalue weighted by molar-refractivity contribution is 0.388. The first kappa shape index (κ1) is 12.9. The van der Waals surface area contributed by atoms with E-state index in [4.69, 9.17) is 11.6 Å². The van der Waals surface area contributed by atoms with Gasteiger partial charge in [-0.3, -0.25) is 4.68 Å². The molecule has 17 heavy (non-hydrogen) atoms. The van der Waals surface area contributed by atoms with Gasteiger partial charge in [0, 0.05) is 11.3 Å². The smallest absolute Gasteiger partial charge is 0.0537 e. The average molecular weight is 255 g/mol. The van der Waals surface area contributed by atoms with Crippen molar-refractivity contribution in [2.45, 2.75) is 70.2 Å². The van der Waals surface area contributed by atoms with Gasteiger partial charge >= 0.3 is 0 Å². The predicted molar refractivity (Wildman–Crippen MR) is 72.6 cm³/mol. The van der Waals surface area contributed by atoms with Gasteiger partial charge in [0.1, 0.15) is 0 Å². The summed E-state index contributed by atoms with van der Waals surface area (Å²) >= 11 is 6.01. The van der Waals surface area contributed by atoms with Crippen molar-refractivity contribution >= 4 is 11.6 Å². The molecule has 0 saturated heterocycles. The SMILES string of the molecule is CC(C)c1c(CCl)cnn1C1CCCCCC1. The molecule has 2 nitrogen and oxygen atoms in total. The molecule has 1 heterocycles. The van der Waals surface area contributed by atoms with Gasteiger partial charge < -0.3 is 0 Å². The fraction of sp³-hybridized carbons (Fsp3) is 0.786. The molecule has 0 aromatic carbocycles. The van der Waals surface area contributed by atoms with Gasteiger partial charge in [-0.15, -0.1) is 11.6 Å². The molecule has 0 amide bonds. The van der Waals surface area contributed by atoms with Crippen molar-refractivity contribution in [1.29, 1.82) is 0 Å². The van der Waals surface area contributed by atoms with Crippen LogP contribution in [0.15, 0.2) is 6.20 Å². The van der Waals surface area contributed by atoms with Crippen molar-refractivity contribution in [3.63, 3.8) is 0 Å². The lowest BCUT2D eigenvalue weighted by Gasteiger charge is -2.20. The number of hydrogen-bond acceptors (Lipinski definition) is 1. The van der Waals surface area contributed by atoms with Crippen molar-refractivity contribution < 1.29 is 0 Å². The Hall–Kier alpha value is -0.500. The molecule has 96 valence electrons. The van der Waals surface area contributed by atoms with Crippen LogP contribution in [0.1, 0.15) is 75.6 Å². The minimum absolute atomic E-state index is 0.509. The van der Waals surface area contributed by atoms with Gasteiger partial charge in [0.15, 0.2) is 0 Å². The van der Waals surface area contributed by atoms with E-state index >= 15 is 0 Å². The van der Waals surface area contributed by atoms with Crippen LogP contribution in [0.5, 0.6) is 0 Å². The molecule has 0 N–H and O–H groups in total. The van der Waals surface area contributed by atoms with Gasteiger partial charge in [-0.25, -0.2) is 0 Å². The number of aromatic nitrogens is 2. The number of hydrogen-bond donors (Lipinski definition) is 0. The molecule has 1 aromatic heterocycles. The van der Waals surface area contributed by atoms with Crippen LogP contribution in [0.25, 0.3) is 0 Å². The summed E-state index contributed by atoms with van der Waals surface area (Å²) in [6.07, 6.45) is 9.99. The van der Waals surface area contributed by atoms with E-state index in [1.807, 2.05) is 6.20 Å². The van der Waals surface area contributed by atoms with E-state index < -0.39 is 0 Å². The molecular formula is C14H23ClN2. The molecule has 0 unspecified atom stereocenters. The maximum Gasteiger partial charge on any atom is 0.0537 e. The van der Waals surface area contributed by atoms with Gasteiger partial charge in [0.25, 0.3) is 0 Å². The lowest BCUT2D eigenvalue weighted by atomic mass is 10.0. The molecule has 3 heteroatoms. The van der Waals surface area contributed by atoms with E-state index in [2.05, 4.69) is 23.6 Å². The average Bonchev–Trinajstić information content (AvgIpc) is 2.56. The Bertz CT molecular complexity index is 349. The summed E-state index contributed by atoms with van der Waals surface area (Å²) in [6.45, 7) is 4.47. The summed E-state index contributed by atoms with van der Waals surface area (Å²) in [5.41, 5.74) is 2.57. The summed E-state index contributed by atoms with van der Waals surface area (Å²) in [5, 5.41) is 4.61. The monoisotopic (exact) mass is 254 g/mol. The highest BCUT2D eigenvalue weighted by Crippen LogP contribution is 2.31. The zero-order chi connectivity index (χ0) is 12.3. The molecule has 0 spiro atoms. The number of rotatable bonds is 3. The van der Waals surface area contributed by atoms with E-state index in [1.54, 1.807) is 0 Å². The standard InChI is InChI=1S/C14H23ClN2/c1-11(2)14-12(9-15)10-16-17(14)13-7-5-3-4-6-8-13/h10-11,13H,3-9H2,1-2H3. The molecule has 0 bridgehead atoms. The van der Waals surface area contributed by atoms with Crippen molar-refractivity contribution in [3.8, 4) is 0 Å². The molecular weight excluding hydrogens is 232 g/mol. The fourth-order valence-corrected chi connectivity index (χ4v) is 3.14. The third-order valence-corrected chi connectivity index (χ3v) is 4.06. The first-order chi connectivity index (χ1) is 8.24. The first-order valence-electron chi connectivity index (χ1n) is 6.86. The van der Waals surface area contributed by atoms with Crippen molar-refractivity contribution in [3.05, 3.63) is 17.5 Å². The number of nitrogens with zero attached hydrogens (tertiary/aromatic N) is 2. The minimum atomic E-state index is 0.509. The van der Waals surface area contributed by atoms with Crippen molar-refractivity contribution in [1.82, 2.24) is 9.78 Å². The molecule has 0 radical (unpaired) electrons. The Morgan fingerprint density at radius 1 is 1.29 bits per heavy atom. The van der Waals surface area contributed by atoms with E-state index in [0.29, 0.717) is 17.8 Å². The maximum atomic E-state index is 6.01. The number of alkyl halides is 1. The van der Waals surface area contributed by atoms with Gasteiger partial charge in [-0.2, -0.15) is 5.10 Å². The third kappa shape index (κ3) is 2.85. The van der Waals surface area contributed by atoms with E-state index in [0.717, 1.165) is 0 Å². The molecule has 0 aliphatic heterocycles. The second-order valence-electron chi connectivity index (χ2n) is 5.43. The first-order valence-corrected chi connectivity index (χ1v) is 7.39. The molecule has 1 saturated carbocycles. The lowest BCUT2D eigenvalue weighted by Crippen LogP contribution is -2.14. The summed E-state index contributed by atoms with van der Waals surface area (Å²) in [7, 11) is 0. The second kappa shape index (κ2) is 5.90. The third-order valence-electron chi connectivity index (χ3n) is 3.78. The molecule has 1 aliphatic carbocycles. The highest BCUT2D eigenvalue weighted by molar-refractivity contribution is 6.17. The van der Waals surface area contributed by atoms with E-state index in [9.17, 15) is 0 Å². The summed E-state index contributed by atoms with van der Waals surface area (Å²) < 4.78 is 2.27. The van der Waals surface area contributed by atoms with Crippen LogP contribution >= 0.6 is 11.6 Å². The van der Waals surface area contributed by atoms with Crippen LogP contribution < -0.4 is 0 Å². The second-order valence-corrected chi connectivity index (χ2v) is 5.70. The van der Waals surface area contributed by atoms with Gasteiger partial charge in [0.2, 0.25) is 0 Å². The Kier molecular flexibility index (Phi) is 4.49. The summed E-state index contributed by atoms with van der Waals surface area (Å²) in [4.78, 5) is 0. The minimum Gasteiger partial charge on any atom is -0.266 e. The molecule has 1 aliphatic rings. The molecule has 1 fully saturated rings. The topological polar surface area (TPSA) is 17.8 Å². The normalized spacial score (nSPS) is 18.6. The number of halogens is 1. The van der Waals surface area contributed by atoms with Crippen molar-refractivity contribution in [2.75, 3.05) is 0 Å². The van der Waals surface area contributed by atoms with E-state index in [-0.39, 0.29) is 0 Å². The predicted octanol–water partition coefficient (Wildman–Crippen LogP) is 4.64. The molecule has 1 aromatic rings. The van der Waals surface area contributed by atoms with Crippen LogP contribution in [-0.2, 0) is 5.88 Å². The largest absolute Gasteiger partial charge is 0.266 e. The van der Waals surface area contributed by atoms with Crippen LogP contribution in [0.4, 0.5) is 0 Å². The zero-order valence-electron chi connectivity index (χ0n) is 11.0. The van der Waals surface area contributed by atoms with Gasteiger partial charge in [-0.1, -0.05) is 39.5 Å².